The Kier molecular flexibility index (Phi) is 5.85. The molecule has 2 aliphatic rings. The van der Waals surface area contributed by atoms with Crippen LogP contribution in [0, 0.1) is 5.92 Å². The molecule has 1 amide bonds. The van der Waals surface area contributed by atoms with Crippen molar-refractivity contribution in [3.8, 4) is 11.3 Å². The topological polar surface area (TPSA) is 108 Å². The lowest BCUT2D eigenvalue weighted by Gasteiger charge is -2.36. The summed E-state index contributed by atoms with van der Waals surface area (Å²) in [5.41, 5.74) is 3.65. The summed E-state index contributed by atoms with van der Waals surface area (Å²) in [4.78, 5) is 22.8. The van der Waals surface area contributed by atoms with Crippen LogP contribution in [0.15, 0.2) is 36.8 Å². The van der Waals surface area contributed by atoms with E-state index in [0.717, 1.165) is 60.4 Å². The van der Waals surface area contributed by atoms with Crippen molar-refractivity contribution < 1.29 is 14.3 Å². The second-order valence-electron chi connectivity index (χ2n) is 9.77. The highest BCUT2D eigenvalue weighted by Crippen LogP contribution is 2.42. The number of fused-ring (bicyclic) bond motifs is 2. The van der Waals surface area contributed by atoms with Crippen LogP contribution in [0.5, 0.6) is 0 Å². The molecule has 0 unspecified atom stereocenters. The number of rotatable bonds is 8. The molecular weight excluding hydrogens is 458 g/mol. The van der Waals surface area contributed by atoms with Crippen LogP contribution < -0.4 is 10.6 Å². The number of pyridine rings is 1. The molecule has 2 fully saturated rings. The first kappa shape index (κ1) is 22.9. The predicted molar refractivity (Wildman–Crippen MR) is 136 cm³/mol. The number of carbonyl (C=O) groups excluding carboxylic acids is 1. The number of amides is 1. The zero-order valence-electron chi connectivity index (χ0n) is 20.8. The maximum atomic E-state index is 13.2. The summed E-state index contributed by atoms with van der Waals surface area (Å²) >= 11 is 0. The van der Waals surface area contributed by atoms with Gasteiger partial charge in [0.05, 0.1) is 24.0 Å². The molecule has 2 saturated carbocycles. The van der Waals surface area contributed by atoms with Crippen molar-refractivity contribution in [2.75, 3.05) is 33.2 Å². The zero-order chi connectivity index (χ0) is 24.8. The quantitative estimate of drug-likeness (QED) is 0.391. The second kappa shape index (κ2) is 9.18. The summed E-state index contributed by atoms with van der Waals surface area (Å²) in [6.45, 7) is 0.789. The van der Waals surface area contributed by atoms with Gasteiger partial charge in [-0.1, -0.05) is 0 Å². The summed E-state index contributed by atoms with van der Waals surface area (Å²) < 4.78 is 14.7. The first-order valence-electron chi connectivity index (χ1n) is 12.5. The number of aromatic nitrogens is 5. The summed E-state index contributed by atoms with van der Waals surface area (Å²) in [5.74, 6) is 1.14. The molecule has 36 heavy (non-hydrogen) atoms. The molecule has 0 saturated heterocycles. The number of nitrogens with zero attached hydrogens (tertiary/aromatic N) is 5. The lowest BCUT2D eigenvalue weighted by atomic mass is 9.80. The van der Waals surface area contributed by atoms with E-state index in [0.29, 0.717) is 23.2 Å². The molecule has 0 bridgehead atoms. The standard InChI is InChI=1S/C26H31N7O3/c1-27-23-11-21(30-25-18(12-29-33(23)25)26(34)31-20-6-7-22(20)36-3)19-13-32(16-9-15(10-16)14-35-2)24-17(19)5-4-8-28-24/h4-5,8,11-13,15-16,20,22,27H,6-7,9-10,14H2,1-3H3,(H,31,34)/t15?,16?,20-,22-/m0/s1. The van der Waals surface area contributed by atoms with E-state index in [1.54, 1.807) is 24.9 Å². The third-order valence-electron chi connectivity index (χ3n) is 7.67. The highest BCUT2D eigenvalue weighted by molar-refractivity contribution is 6.01. The van der Waals surface area contributed by atoms with Gasteiger partial charge in [-0.2, -0.15) is 9.61 Å². The van der Waals surface area contributed by atoms with E-state index >= 15 is 0 Å². The molecule has 0 spiro atoms. The summed E-state index contributed by atoms with van der Waals surface area (Å²) in [5, 5.41) is 11.8. The monoisotopic (exact) mass is 489 g/mol. The Labute approximate surface area is 209 Å². The minimum Gasteiger partial charge on any atom is -0.384 e. The molecule has 2 N–H and O–H groups in total. The molecule has 2 atom stereocenters. The molecule has 4 aromatic rings. The Hall–Kier alpha value is -3.50. The van der Waals surface area contributed by atoms with Gasteiger partial charge in [0, 0.05) is 63.3 Å². The van der Waals surface area contributed by atoms with Crippen molar-refractivity contribution in [1.29, 1.82) is 0 Å². The van der Waals surface area contributed by atoms with Crippen molar-refractivity contribution in [3.63, 3.8) is 0 Å². The van der Waals surface area contributed by atoms with Gasteiger partial charge in [-0.05, 0) is 43.7 Å². The molecule has 10 heteroatoms. The van der Waals surface area contributed by atoms with E-state index < -0.39 is 0 Å². The number of carbonyl (C=O) groups is 1. The van der Waals surface area contributed by atoms with Gasteiger partial charge in [-0.3, -0.25) is 4.79 Å². The normalized spacial score (nSPS) is 23.4. The van der Waals surface area contributed by atoms with E-state index in [1.165, 1.54) is 0 Å². The van der Waals surface area contributed by atoms with Gasteiger partial charge in [-0.25, -0.2) is 9.97 Å². The average Bonchev–Trinajstić information content (AvgIpc) is 3.45. The molecule has 188 valence electrons. The Morgan fingerprint density at radius 2 is 2.08 bits per heavy atom. The van der Waals surface area contributed by atoms with Gasteiger partial charge < -0.3 is 24.7 Å². The van der Waals surface area contributed by atoms with Crippen LogP contribution in [-0.2, 0) is 9.47 Å². The fraction of sp³-hybridized carbons (Fsp3) is 0.462. The van der Waals surface area contributed by atoms with Gasteiger partial charge in [0.1, 0.15) is 17.0 Å². The van der Waals surface area contributed by atoms with Crippen LogP contribution in [-0.4, -0.2) is 70.1 Å². The molecule has 0 aromatic carbocycles. The number of methoxy groups -OCH3 is 2. The van der Waals surface area contributed by atoms with Crippen molar-refractivity contribution in [2.45, 2.75) is 43.9 Å². The zero-order valence-corrected chi connectivity index (χ0v) is 20.8. The van der Waals surface area contributed by atoms with Gasteiger partial charge in [0.15, 0.2) is 5.65 Å². The van der Waals surface area contributed by atoms with Crippen molar-refractivity contribution in [2.24, 2.45) is 5.92 Å². The van der Waals surface area contributed by atoms with E-state index in [2.05, 4.69) is 32.6 Å². The lowest BCUT2D eigenvalue weighted by Crippen LogP contribution is -2.51. The number of hydrogen-bond donors (Lipinski definition) is 2. The van der Waals surface area contributed by atoms with Crippen molar-refractivity contribution in [3.05, 3.63) is 42.4 Å². The Morgan fingerprint density at radius 3 is 2.81 bits per heavy atom. The first-order valence-corrected chi connectivity index (χ1v) is 12.5. The minimum atomic E-state index is -0.189. The fourth-order valence-electron chi connectivity index (χ4n) is 5.47. The van der Waals surface area contributed by atoms with Crippen LogP contribution in [0.3, 0.4) is 0 Å². The molecule has 4 aromatic heterocycles. The Morgan fingerprint density at radius 1 is 1.22 bits per heavy atom. The van der Waals surface area contributed by atoms with Crippen LogP contribution in [0.4, 0.5) is 5.82 Å². The van der Waals surface area contributed by atoms with Crippen LogP contribution in [0.25, 0.3) is 27.9 Å². The first-order chi connectivity index (χ1) is 17.6. The SMILES string of the molecule is CNc1cc(-c2cn(C3CC(COC)C3)c3ncccc23)nc2c(C(=O)N[C@H]3CC[C@@H]3OC)cnn12. The summed E-state index contributed by atoms with van der Waals surface area (Å²) in [6, 6.07) is 6.39. The van der Waals surface area contributed by atoms with Crippen molar-refractivity contribution in [1.82, 2.24) is 29.5 Å². The minimum absolute atomic E-state index is 0.0119. The third kappa shape index (κ3) is 3.72. The van der Waals surface area contributed by atoms with E-state index in [4.69, 9.17) is 19.4 Å². The summed E-state index contributed by atoms with van der Waals surface area (Å²) in [7, 11) is 5.27. The molecule has 6 rings (SSSR count). The number of anilines is 1. The molecule has 2 aliphatic carbocycles. The van der Waals surface area contributed by atoms with E-state index in [9.17, 15) is 4.79 Å². The number of hydrogen-bond acceptors (Lipinski definition) is 7. The van der Waals surface area contributed by atoms with Crippen LogP contribution in [0.1, 0.15) is 42.1 Å². The molecular formula is C26H31N7O3. The maximum Gasteiger partial charge on any atom is 0.257 e. The molecule has 0 radical (unpaired) electrons. The summed E-state index contributed by atoms with van der Waals surface area (Å²) in [6.07, 6.45) is 9.61. The molecule has 4 heterocycles. The van der Waals surface area contributed by atoms with E-state index in [-0.39, 0.29) is 18.1 Å². The van der Waals surface area contributed by atoms with Gasteiger partial charge in [0.2, 0.25) is 0 Å². The average molecular weight is 490 g/mol. The van der Waals surface area contributed by atoms with Gasteiger partial charge in [0.25, 0.3) is 5.91 Å². The lowest BCUT2D eigenvalue weighted by molar-refractivity contribution is 0.00732. The highest BCUT2D eigenvalue weighted by atomic mass is 16.5. The van der Waals surface area contributed by atoms with Crippen LogP contribution in [0.2, 0.25) is 0 Å². The third-order valence-corrected chi connectivity index (χ3v) is 7.67. The van der Waals surface area contributed by atoms with Gasteiger partial charge >= 0.3 is 0 Å². The number of nitrogens with one attached hydrogen (secondary N) is 2. The second-order valence-corrected chi connectivity index (χ2v) is 9.77. The van der Waals surface area contributed by atoms with Crippen molar-refractivity contribution >= 4 is 28.4 Å². The Balaban J connectivity index is 1.40. The number of ether oxygens (including phenoxy) is 2. The van der Waals surface area contributed by atoms with E-state index in [1.807, 2.05) is 25.4 Å². The maximum absolute atomic E-state index is 13.2. The molecule has 0 aliphatic heterocycles. The van der Waals surface area contributed by atoms with Gasteiger partial charge in [-0.15, -0.1) is 0 Å². The fourth-order valence-corrected chi connectivity index (χ4v) is 5.47. The van der Waals surface area contributed by atoms with Crippen LogP contribution >= 0.6 is 0 Å². The highest BCUT2D eigenvalue weighted by Gasteiger charge is 2.34. The largest absolute Gasteiger partial charge is 0.384 e. The smallest absolute Gasteiger partial charge is 0.257 e. The molecule has 10 nitrogen and oxygen atoms in total. The predicted octanol–water partition coefficient (Wildman–Crippen LogP) is 3.29. The Bertz CT molecular complexity index is 1420.